The number of hydrogen-bond donors (Lipinski definition) is 1. The molecule has 1 atom stereocenters. The summed E-state index contributed by atoms with van der Waals surface area (Å²) < 4.78 is 0. The van der Waals surface area contributed by atoms with Crippen molar-refractivity contribution in [3.05, 3.63) is 16.1 Å². The molecule has 1 rings (SSSR count). The lowest BCUT2D eigenvalue weighted by Gasteiger charge is -2.04. The molecule has 13 heavy (non-hydrogen) atoms. The van der Waals surface area contributed by atoms with E-state index in [9.17, 15) is 0 Å². The van der Waals surface area contributed by atoms with Gasteiger partial charge >= 0.3 is 0 Å². The highest BCUT2D eigenvalue weighted by molar-refractivity contribution is 7.09. The quantitative estimate of drug-likeness (QED) is 0.807. The largest absolute Gasteiger partial charge is 0.327 e. The standard InChI is InChI=1S/C10H18N2S/c1-4-8(11)5-10-12-9(6-13-10)7(2)3/h6-8H,4-5,11H2,1-3H3. The molecule has 0 radical (unpaired) electrons. The van der Waals surface area contributed by atoms with Gasteiger partial charge in [-0.2, -0.15) is 0 Å². The van der Waals surface area contributed by atoms with Crippen LogP contribution in [0, 0.1) is 0 Å². The number of nitrogens with zero attached hydrogens (tertiary/aromatic N) is 1. The van der Waals surface area contributed by atoms with Gasteiger partial charge in [0, 0.05) is 17.8 Å². The molecule has 0 fully saturated rings. The Kier molecular flexibility index (Phi) is 3.88. The first-order valence-corrected chi connectivity index (χ1v) is 5.71. The highest BCUT2D eigenvalue weighted by Crippen LogP contribution is 2.18. The van der Waals surface area contributed by atoms with Crippen LogP contribution < -0.4 is 5.73 Å². The van der Waals surface area contributed by atoms with Gasteiger partial charge in [-0.15, -0.1) is 11.3 Å². The molecule has 0 aliphatic carbocycles. The van der Waals surface area contributed by atoms with Crippen LogP contribution in [0.4, 0.5) is 0 Å². The molecule has 74 valence electrons. The van der Waals surface area contributed by atoms with Gasteiger partial charge in [0.25, 0.3) is 0 Å². The van der Waals surface area contributed by atoms with E-state index in [1.54, 1.807) is 11.3 Å². The lowest BCUT2D eigenvalue weighted by Crippen LogP contribution is -2.21. The van der Waals surface area contributed by atoms with Crippen LogP contribution in [0.25, 0.3) is 0 Å². The number of hydrogen-bond acceptors (Lipinski definition) is 3. The van der Waals surface area contributed by atoms with Crippen molar-refractivity contribution in [2.24, 2.45) is 5.73 Å². The van der Waals surface area contributed by atoms with Crippen molar-refractivity contribution < 1.29 is 0 Å². The Hall–Kier alpha value is -0.410. The molecular formula is C10H18N2S. The minimum atomic E-state index is 0.270. The van der Waals surface area contributed by atoms with Gasteiger partial charge in [0.2, 0.25) is 0 Å². The summed E-state index contributed by atoms with van der Waals surface area (Å²) in [5, 5.41) is 3.32. The fourth-order valence-electron chi connectivity index (χ4n) is 1.05. The smallest absolute Gasteiger partial charge is 0.0943 e. The van der Waals surface area contributed by atoms with Crippen molar-refractivity contribution in [1.82, 2.24) is 4.98 Å². The van der Waals surface area contributed by atoms with Crippen LogP contribution in [0.15, 0.2) is 5.38 Å². The van der Waals surface area contributed by atoms with Gasteiger partial charge in [0.05, 0.1) is 10.7 Å². The van der Waals surface area contributed by atoms with Gasteiger partial charge in [-0.25, -0.2) is 4.98 Å². The lowest BCUT2D eigenvalue weighted by molar-refractivity contribution is 0.641. The maximum absolute atomic E-state index is 5.86. The van der Waals surface area contributed by atoms with Crippen LogP contribution in [0.1, 0.15) is 43.8 Å². The monoisotopic (exact) mass is 198 g/mol. The Balaban J connectivity index is 2.58. The molecule has 0 saturated heterocycles. The Morgan fingerprint density at radius 1 is 1.54 bits per heavy atom. The average Bonchev–Trinajstić information content (AvgIpc) is 2.52. The Bertz CT molecular complexity index is 255. The van der Waals surface area contributed by atoms with Crippen LogP contribution in [0.5, 0.6) is 0 Å². The second kappa shape index (κ2) is 4.72. The fourth-order valence-corrected chi connectivity index (χ4v) is 2.10. The molecule has 0 aromatic carbocycles. The lowest BCUT2D eigenvalue weighted by atomic mass is 10.1. The van der Waals surface area contributed by atoms with E-state index in [1.807, 2.05) is 0 Å². The summed E-state index contributed by atoms with van der Waals surface area (Å²) in [7, 11) is 0. The molecule has 1 heterocycles. The van der Waals surface area contributed by atoms with E-state index < -0.39 is 0 Å². The minimum absolute atomic E-state index is 0.270. The zero-order valence-corrected chi connectivity index (χ0v) is 9.40. The highest BCUT2D eigenvalue weighted by atomic mass is 32.1. The van der Waals surface area contributed by atoms with E-state index in [4.69, 9.17) is 5.73 Å². The van der Waals surface area contributed by atoms with Gasteiger partial charge in [-0.3, -0.25) is 0 Å². The van der Waals surface area contributed by atoms with Gasteiger partial charge in [0.1, 0.15) is 0 Å². The molecule has 2 N–H and O–H groups in total. The van der Waals surface area contributed by atoms with Crippen molar-refractivity contribution in [3.8, 4) is 0 Å². The van der Waals surface area contributed by atoms with Crippen molar-refractivity contribution >= 4 is 11.3 Å². The predicted molar refractivity (Wildman–Crippen MR) is 58.2 cm³/mol. The molecule has 1 aromatic heterocycles. The summed E-state index contributed by atoms with van der Waals surface area (Å²) in [6, 6.07) is 0.270. The van der Waals surface area contributed by atoms with Crippen LogP contribution in [0.2, 0.25) is 0 Å². The normalized spacial score (nSPS) is 13.6. The molecule has 0 saturated carbocycles. The first kappa shape index (κ1) is 10.7. The molecule has 0 aliphatic heterocycles. The molecule has 0 spiro atoms. The van der Waals surface area contributed by atoms with Crippen LogP contribution >= 0.6 is 11.3 Å². The Morgan fingerprint density at radius 3 is 2.69 bits per heavy atom. The van der Waals surface area contributed by atoms with E-state index in [0.717, 1.165) is 12.8 Å². The van der Waals surface area contributed by atoms with E-state index in [0.29, 0.717) is 5.92 Å². The van der Waals surface area contributed by atoms with Crippen LogP contribution in [-0.4, -0.2) is 11.0 Å². The average molecular weight is 198 g/mol. The van der Waals surface area contributed by atoms with Crippen molar-refractivity contribution in [3.63, 3.8) is 0 Å². The zero-order valence-electron chi connectivity index (χ0n) is 8.58. The second-order valence-corrected chi connectivity index (χ2v) is 4.64. The van der Waals surface area contributed by atoms with Crippen molar-refractivity contribution in [2.75, 3.05) is 0 Å². The minimum Gasteiger partial charge on any atom is -0.327 e. The maximum Gasteiger partial charge on any atom is 0.0943 e. The molecule has 1 aromatic rings. The number of rotatable bonds is 4. The number of thiazole rings is 1. The van der Waals surface area contributed by atoms with Gasteiger partial charge in [0.15, 0.2) is 0 Å². The summed E-state index contributed by atoms with van der Waals surface area (Å²) in [5.74, 6) is 0.530. The molecular weight excluding hydrogens is 180 g/mol. The summed E-state index contributed by atoms with van der Waals surface area (Å²) in [6.07, 6.45) is 1.95. The van der Waals surface area contributed by atoms with Gasteiger partial charge in [-0.1, -0.05) is 20.8 Å². The second-order valence-electron chi connectivity index (χ2n) is 3.69. The third kappa shape index (κ3) is 3.08. The first-order chi connectivity index (χ1) is 6.13. The fraction of sp³-hybridized carbons (Fsp3) is 0.700. The van der Waals surface area contributed by atoms with E-state index in [-0.39, 0.29) is 6.04 Å². The Morgan fingerprint density at radius 2 is 2.23 bits per heavy atom. The molecule has 1 unspecified atom stereocenters. The Labute approximate surface area is 84.2 Å². The third-order valence-electron chi connectivity index (χ3n) is 2.12. The third-order valence-corrected chi connectivity index (χ3v) is 3.01. The summed E-state index contributed by atoms with van der Waals surface area (Å²) in [5.41, 5.74) is 7.05. The number of nitrogens with two attached hydrogens (primary N) is 1. The van der Waals surface area contributed by atoms with Gasteiger partial charge < -0.3 is 5.73 Å². The first-order valence-electron chi connectivity index (χ1n) is 4.83. The molecule has 0 aliphatic rings. The van der Waals surface area contributed by atoms with Gasteiger partial charge in [-0.05, 0) is 12.3 Å². The van der Waals surface area contributed by atoms with E-state index >= 15 is 0 Å². The maximum atomic E-state index is 5.86. The predicted octanol–water partition coefficient (Wildman–Crippen LogP) is 2.55. The molecule has 2 nitrogen and oxygen atoms in total. The summed E-state index contributed by atoms with van der Waals surface area (Å²) in [4.78, 5) is 4.54. The van der Waals surface area contributed by atoms with Crippen molar-refractivity contribution in [2.45, 2.75) is 45.6 Å². The molecule has 0 bridgehead atoms. The zero-order chi connectivity index (χ0) is 9.84. The summed E-state index contributed by atoms with van der Waals surface area (Å²) in [6.45, 7) is 6.44. The van der Waals surface area contributed by atoms with Crippen molar-refractivity contribution in [1.29, 1.82) is 0 Å². The van der Waals surface area contributed by atoms with Crippen LogP contribution in [0.3, 0.4) is 0 Å². The molecule has 3 heteroatoms. The van der Waals surface area contributed by atoms with E-state index in [1.165, 1.54) is 10.7 Å². The number of aromatic nitrogens is 1. The van der Waals surface area contributed by atoms with E-state index in [2.05, 4.69) is 31.1 Å². The summed E-state index contributed by atoms with van der Waals surface area (Å²) >= 11 is 1.73. The highest BCUT2D eigenvalue weighted by Gasteiger charge is 2.08. The van der Waals surface area contributed by atoms with Crippen LogP contribution in [-0.2, 0) is 6.42 Å². The molecule has 0 amide bonds. The SMILES string of the molecule is CCC(N)Cc1nc(C(C)C)cs1. The topological polar surface area (TPSA) is 38.9 Å².